The highest BCUT2D eigenvalue weighted by molar-refractivity contribution is 8.18. The number of ether oxygens (including phenoxy) is 1. The summed E-state index contributed by atoms with van der Waals surface area (Å²) in [4.78, 5) is 13.5. The summed E-state index contributed by atoms with van der Waals surface area (Å²) >= 11 is 2.94. The van der Waals surface area contributed by atoms with Gasteiger partial charge in [-0.25, -0.2) is 0 Å². The molecule has 1 aromatic carbocycles. The number of aliphatic hydroxyl groups excluding tert-OH is 1. The lowest BCUT2D eigenvalue weighted by atomic mass is 10.1. The van der Waals surface area contributed by atoms with E-state index in [4.69, 9.17) is 4.74 Å². The molecule has 1 fully saturated rings. The molecule has 1 N–H and O–H groups in total. The van der Waals surface area contributed by atoms with Crippen LogP contribution in [-0.4, -0.2) is 40.9 Å². The van der Waals surface area contributed by atoms with Crippen molar-refractivity contribution in [2.75, 3.05) is 24.5 Å². The number of nitrogens with zero attached hydrogens (tertiary/aromatic N) is 1. The van der Waals surface area contributed by atoms with Gasteiger partial charge in [0, 0.05) is 5.69 Å². The number of hydrogen-bond acceptors (Lipinski definition) is 5. The summed E-state index contributed by atoms with van der Waals surface area (Å²) in [5.41, 5.74) is 0.773. The topological polar surface area (TPSA) is 49.8 Å². The van der Waals surface area contributed by atoms with Crippen molar-refractivity contribution in [2.24, 2.45) is 0 Å². The van der Waals surface area contributed by atoms with Crippen LogP contribution in [-0.2, 0) is 4.79 Å². The third-order valence-corrected chi connectivity index (χ3v) is 6.01. The van der Waals surface area contributed by atoms with Crippen molar-refractivity contribution < 1.29 is 14.6 Å². The first-order chi connectivity index (χ1) is 8.60. The van der Waals surface area contributed by atoms with E-state index in [1.807, 2.05) is 24.6 Å². The molecule has 6 heteroatoms. The van der Waals surface area contributed by atoms with E-state index in [2.05, 4.69) is 0 Å². The quantitative estimate of drug-likeness (QED) is 0.675. The Kier molecular flexibility index (Phi) is 3.79. The molecule has 1 heterocycles. The molecule has 1 saturated heterocycles. The Labute approximate surface area is 115 Å². The summed E-state index contributed by atoms with van der Waals surface area (Å²) in [5, 5.41) is 9.90. The number of rotatable bonds is 4. The van der Waals surface area contributed by atoms with E-state index >= 15 is 0 Å². The molecule has 1 amide bonds. The molecule has 4 nitrogen and oxygen atoms in total. The summed E-state index contributed by atoms with van der Waals surface area (Å²) in [5.74, 6) is 0.482. The highest BCUT2D eigenvalue weighted by Crippen LogP contribution is 2.50. The molecule has 1 aliphatic heterocycles. The van der Waals surface area contributed by atoms with Crippen molar-refractivity contribution in [1.82, 2.24) is 0 Å². The first-order valence-electron chi connectivity index (χ1n) is 5.37. The van der Waals surface area contributed by atoms with Crippen molar-refractivity contribution in [3.8, 4) is 5.75 Å². The van der Waals surface area contributed by atoms with Crippen molar-refractivity contribution >= 4 is 35.1 Å². The lowest BCUT2D eigenvalue weighted by molar-refractivity contribution is -0.134. The van der Waals surface area contributed by atoms with Crippen LogP contribution in [0.4, 0.5) is 5.69 Å². The largest absolute Gasteiger partial charge is 0.497 e. The number of methoxy groups -OCH3 is 1. The van der Waals surface area contributed by atoms with E-state index in [0.29, 0.717) is 0 Å². The fraction of sp³-hybridized carbons (Fsp3) is 0.417. The summed E-state index contributed by atoms with van der Waals surface area (Å²) in [7, 11) is 1.60. The van der Waals surface area contributed by atoms with Crippen molar-refractivity contribution in [3.63, 3.8) is 0 Å². The van der Waals surface area contributed by atoms with Crippen molar-refractivity contribution in [1.29, 1.82) is 0 Å². The number of thioether (sulfide) groups is 2. The maximum atomic E-state index is 11.9. The molecule has 98 valence electrons. The van der Waals surface area contributed by atoms with Crippen molar-refractivity contribution in [2.45, 2.75) is 10.3 Å². The molecule has 0 aromatic heterocycles. The second-order valence-electron chi connectivity index (χ2n) is 3.81. The van der Waals surface area contributed by atoms with E-state index in [1.165, 1.54) is 23.5 Å². The molecule has 0 aliphatic carbocycles. The fourth-order valence-electron chi connectivity index (χ4n) is 2.02. The Bertz CT molecular complexity index is 445. The lowest BCUT2D eigenvalue weighted by Crippen LogP contribution is -2.71. The molecule has 0 radical (unpaired) electrons. The van der Waals surface area contributed by atoms with E-state index in [-0.39, 0.29) is 5.91 Å². The summed E-state index contributed by atoms with van der Waals surface area (Å²) in [6, 6.07) is 7.26. The van der Waals surface area contributed by atoms with Gasteiger partial charge in [0.2, 0.25) is 0 Å². The average molecular weight is 285 g/mol. The third kappa shape index (κ3) is 1.79. The van der Waals surface area contributed by atoms with Gasteiger partial charge in [-0.2, -0.15) is 0 Å². The van der Waals surface area contributed by atoms with Crippen LogP contribution < -0.4 is 9.64 Å². The Hall–Kier alpha value is -0.850. The fourth-order valence-corrected chi connectivity index (χ4v) is 4.09. The SMILES string of the molecule is COc1ccc(N2C(=O)[C@@H](O)C2(SC)SC)cc1. The third-order valence-electron chi connectivity index (χ3n) is 3.03. The summed E-state index contributed by atoms with van der Waals surface area (Å²) in [6.45, 7) is 0. The number of hydrogen-bond donors (Lipinski definition) is 1. The smallest absolute Gasteiger partial charge is 0.262 e. The molecular weight excluding hydrogens is 270 g/mol. The van der Waals surface area contributed by atoms with Crippen LogP contribution in [0.3, 0.4) is 0 Å². The van der Waals surface area contributed by atoms with Gasteiger partial charge in [0.15, 0.2) is 10.3 Å². The molecule has 0 spiro atoms. The highest BCUT2D eigenvalue weighted by atomic mass is 32.2. The number of carbonyl (C=O) groups is 1. The normalized spacial score (nSPS) is 21.7. The molecule has 0 saturated carbocycles. The zero-order valence-corrected chi connectivity index (χ0v) is 12.0. The maximum absolute atomic E-state index is 11.9. The van der Waals surface area contributed by atoms with Gasteiger partial charge >= 0.3 is 0 Å². The minimum absolute atomic E-state index is 0.260. The van der Waals surface area contributed by atoms with Gasteiger partial charge in [0.05, 0.1) is 7.11 Å². The van der Waals surface area contributed by atoms with Gasteiger partial charge in [0.25, 0.3) is 5.91 Å². The molecule has 18 heavy (non-hydrogen) atoms. The van der Waals surface area contributed by atoms with Gasteiger partial charge in [-0.15, -0.1) is 23.5 Å². The van der Waals surface area contributed by atoms with Crippen molar-refractivity contribution in [3.05, 3.63) is 24.3 Å². The molecule has 1 aromatic rings. The molecule has 1 aliphatic rings. The van der Waals surface area contributed by atoms with Gasteiger partial charge < -0.3 is 9.84 Å². The number of β-lactam (4-membered cyclic amide) rings is 1. The van der Waals surface area contributed by atoms with E-state index < -0.39 is 10.3 Å². The molecule has 2 rings (SSSR count). The van der Waals surface area contributed by atoms with Gasteiger partial charge in [0.1, 0.15) is 5.75 Å². The van der Waals surface area contributed by atoms with Crippen LogP contribution in [0.1, 0.15) is 0 Å². The van der Waals surface area contributed by atoms with Gasteiger partial charge in [-0.05, 0) is 36.8 Å². The lowest BCUT2D eigenvalue weighted by Gasteiger charge is -2.53. The Balaban J connectivity index is 2.33. The van der Waals surface area contributed by atoms with E-state index in [1.54, 1.807) is 24.1 Å². The van der Waals surface area contributed by atoms with Crippen LogP contribution in [0, 0.1) is 0 Å². The Morgan fingerprint density at radius 1 is 1.28 bits per heavy atom. The first kappa shape index (κ1) is 13.6. The predicted molar refractivity (Wildman–Crippen MR) is 76.2 cm³/mol. The van der Waals surface area contributed by atoms with Gasteiger partial charge in [-0.1, -0.05) is 0 Å². The predicted octanol–water partition coefficient (Wildman–Crippen LogP) is 1.78. The number of anilines is 1. The number of carbonyl (C=O) groups excluding carboxylic acids is 1. The molecule has 1 atom stereocenters. The Morgan fingerprint density at radius 3 is 2.28 bits per heavy atom. The first-order valence-corrected chi connectivity index (χ1v) is 7.82. The molecular formula is C12H15NO3S2. The second kappa shape index (κ2) is 5.03. The van der Waals surface area contributed by atoms with Crippen LogP contribution in [0.2, 0.25) is 0 Å². The highest BCUT2D eigenvalue weighted by Gasteiger charge is 2.60. The average Bonchev–Trinajstić information content (AvgIpc) is 2.43. The van der Waals surface area contributed by atoms with Crippen LogP contribution in [0.25, 0.3) is 0 Å². The van der Waals surface area contributed by atoms with Crippen LogP contribution in [0.15, 0.2) is 24.3 Å². The second-order valence-corrected chi connectivity index (χ2v) is 6.13. The van der Waals surface area contributed by atoms with Gasteiger partial charge in [-0.3, -0.25) is 9.69 Å². The number of benzene rings is 1. The standard InChI is InChI=1S/C12H15NO3S2/c1-16-9-6-4-8(5-7-9)13-11(15)10(14)12(13,17-2)18-3/h4-7,10,14H,1-3H3/t10-/m1/s1. The molecule has 0 bridgehead atoms. The zero-order chi connectivity index (χ0) is 13.3. The van der Waals surface area contributed by atoms with E-state index in [0.717, 1.165) is 11.4 Å². The van der Waals surface area contributed by atoms with E-state index in [9.17, 15) is 9.90 Å². The van der Waals surface area contributed by atoms with Crippen LogP contribution >= 0.6 is 23.5 Å². The summed E-state index contributed by atoms with van der Waals surface area (Å²) < 4.78 is 4.47. The van der Waals surface area contributed by atoms with Crippen LogP contribution in [0.5, 0.6) is 5.75 Å². The summed E-state index contributed by atoms with van der Waals surface area (Å²) in [6.07, 6.45) is 2.83. The minimum Gasteiger partial charge on any atom is -0.497 e. The number of aliphatic hydroxyl groups is 1. The number of amides is 1. The Morgan fingerprint density at radius 2 is 1.83 bits per heavy atom. The molecule has 0 unspecified atom stereocenters. The minimum atomic E-state index is -0.954. The monoisotopic (exact) mass is 285 g/mol. The zero-order valence-electron chi connectivity index (χ0n) is 10.4. The maximum Gasteiger partial charge on any atom is 0.262 e.